The summed E-state index contributed by atoms with van der Waals surface area (Å²) < 4.78 is 0.733. The molecule has 0 aliphatic heterocycles. The van der Waals surface area contributed by atoms with Crippen LogP contribution in [0.25, 0.3) is 0 Å². The summed E-state index contributed by atoms with van der Waals surface area (Å²) in [7, 11) is 0. The number of nitrogens with one attached hydrogen (secondary N) is 1. The van der Waals surface area contributed by atoms with Gasteiger partial charge in [0.15, 0.2) is 0 Å². The minimum absolute atomic E-state index is 0.0588. The van der Waals surface area contributed by atoms with Gasteiger partial charge in [-0.25, -0.2) is 5.43 Å². The maximum atomic E-state index is 11.8. The van der Waals surface area contributed by atoms with Gasteiger partial charge in [-0.2, -0.15) is 5.10 Å². The van der Waals surface area contributed by atoms with Crippen LogP contribution in [0.3, 0.4) is 0 Å². The summed E-state index contributed by atoms with van der Waals surface area (Å²) in [5, 5.41) is 13.6. The zero-order valence-electron chi connectivity index (χ0n) is 10.3. The molecule has 19 heavy (non-hydrogen) atoms. The lowest BCUT2D eigenvalue weighted by molar-refractivity contribution is 0.0952. The van der Waals surface area contributed by atoms with E-state index in [4.69, 9.17) is 0 Å². The van der Waals surface area contributed by atoms with Crippen molar-refractivity contribution < 1.29 is 9.90 Å². The molecule has 0 radical (unpaired) electrons. The fraction of sp³-hybridized carbons (Fsp3) is 0.286. The fourth-order valence-electron chi connectivity index (χ4n) is 1.90. The average Bonchev–Trinajstić information content (AvgIpc) is 2.42. The highest BCUT2D eigenvalue weighted by molar-refractivity contribution is 9.10. The number of hydrogen-bond acceptors (Lipinski definition) is 3. The van der Waals surface area contributed by atoms with Gasteiger partial charge >= 0.3 is 0 Å². The molecule has 0 heterocycles. The first-order valence-corrected chi connectivity index (χ1v) is 6.93. The fourth-order valence-corrected chi connectivity index (χ4v) is 2.27. The third kappa shape index (κ3) is 3.92. The Bertz CT molecular complexity index is 526. The maximum Gasteiger partial charge on any atom is 0.275 e. The molecule has 1 aliphatic carbocycles. The smallest absolute Gasteiger partial charge is 0.275 e. The predicted molar refractivity (Wildman–Crippen MR) is 78.2 cm³/mol. The molecule has 100 valence electrons. The van der Waals surface area contributed by atoms with Gasteiger partial charge in [0.05, 0.1) is 5.56 Å². The maximum absolute atomic E-state index is 11.8. The lowest BCUT2D eigenvalue weighted by atomic mass is 9.96. The predicted octanol–water partition coefficient (Wildman–Crippen LogP) is 3.23. The minimum atomic E-state index is -0.415. The van der Waals surface area contributed by atoms with Gasteiger partial charge < -0.3 is 5.11 Å². The number of carbonyl (C=O) groups is 1. The summed E-state index contributed by atoms with van der Waals surface area (Å²) in [5.74, 6) is -0.0979. The third-order valence-corrected chi connectivity index (χ3v) is 3.46. The van der Waals surface area contributed by atoms with Crippen molar-refractivity contribution in [1.29, 1.82) is 0 Å². The molecule has 0 saturated heterocycles. The van der Waals surface area contributed by atoms with E-state index >= 15 is 0 Å². The van der Waals surface area contributed by atoms with Crippen LogP contribution in [0.1, 0.15) is 29.6 Å². The number of halogens is 1. The second-order valence-corrected chi connectivity index (χ2v) is 5.34. The highest BCUT2D eigenvalue weighted by Gasteiger charge is 2.11. The second-order valence-electron chi connectivity index (χ2n) is 4.43. The molecular formula is C14H15BrN2O2. The number of nitrogens with zero attached hydrogens (tertiary/aromatic N) is 1. The summed E-state index contributed by atoms with van der Waals surface area (Å²) in [6, 6.07) is 4.70. The molecule has 1 aromatic rings. The number of hydrogen-bond donors (Lipinski definition) is 2. The van der Waals surface area contributed by atoms with Crippen molar-refractivity contribution >= 4 is 28.1 Å². The van der Waals surface area contributed by atoms with Crippen LogP contribution in [0.5, 0.6) is 5.75 Å². The summed E-state index contributed by atoms with van der Waals surface area (Å²) in [5.41, 5.74) is 2.64. The Morgan fingerprint density at radius 1 is 1.47 bits per heavy atom. The summed E-state index contributed by atoms with van der Waals surface area (Å²) in [4.78, 5) is 11.8. The number of phenolic OH excluding ortho intramolecular Hbond substituents is 1. The average molecular weight is 323 g/mol. The number of rotatable bonds is 3. The molecule has 0 fully saturated rings. The van der Waals surface area contributed by atoms with Gasteiger partial charge in [0, 0.05) is 10.7 Å². The summed E-state index contributed by atoms with van der Waals surface area (Å²) >= 11 is 3.26. The Balaban J connectivity index is 1.95. The molecule has 1 atom stereocenters. The molecule has 0 saturated carbocycles. The summed E-state index contributed by atoms with van der Waals surface area (Å²) in [6.45, 7) is 0. The van der Waals surface area contributed by atoms with E-state index in [2.05, 4.69) is 38.6 Å². The number of aromatic hydroxyl groups is 1. The van der Waals surface area contributed by atoms with Crippen LogP contribution in [0.2, 0.25) is 0 Å². The van der Waals surface area contributed by atoms with Crippen molar-refractivity contribution in [3.63, 3.8) is 0 Å². The Hall–Kier alpha value is -1.62. The van der Waals surface area contributed by atoms with E-state index in [-0.39, 0.29) is 11.3 Å². The van der Waals surface area contributed by atoms with E-state index in [0.29, 0.717) is 5.92 Å². The summed E-state index contributed by atoms with van der Waals surface area (Å²) in [6.07, 6.45) is 9.11. The lowest BCUT2D eigenvalue weighted by Crippen LogP contribution is -2.19. The molecule has 2 rings (SSSR count). The number of hydrazone groups is 1. The highest BCUT2D eigenvalue weighted by atomic mass is 79.9. The molecule has 5 heteroatoms. The van der Waals surface area contributed by atoms with Crippen LogP contribution in [-0.2, 0) is 0 Å². The van der Waals surface area contributed by atoms with E-state index in [1.807, 2.05) is 0 Å². The SMILES string of the molecule is O=C(N/N=C\[C@@H]1CC=CCC1)c1cc(Br)ccc1O. The lowest BCUT2D eigenvalue weighted by Gasteiger charge is -2.11. The van der Waals surface area contributed by atoms with Crippen molar-refractivity contribution in [3.05, 3.63) is 40.4 Å². The van der Waals surface area contributed by atoms with Gasteiger partial charge in [0.2, 0.25) is 0 Å². The molecule has 4 nitrogen and oxygen atoms in total. The third-order valence-electron chi connectivity index (χ3n) is 2.96. The first kappa shape index (κ1) is 13.8. The normalized spacial score (nSPS) is 18.7. The van der Waals surface area contributed by atoms with Gasteiger partial charge in [-0.1, -0.05) is 28.1 Å². The topological polar surface area (TPSA) is 61.7 Å². The van der Waals surface area contributed by atoms with Gasteiger partial charge in [-0.05, 0) is 43.4 Å². The molecule has 1 aliphatic rings. The standard InChI is InChI=1S/C14H15BrN2O2/c15-11-6-7-13(18)12(8-11)14(19)17-16-9-10-4-2-1-3-5-10/h1-2,6-10,18H,3-5H2,(H,17,19)/b16-9-/t10-/m1/s1. The monoisotopic (exact) mass is 322 g/mol. The first-order valence-electron chi connectivity index (χ1n) is 6.14. The van der Waals surface area contributed by atoms with Gasteiger partial charge in [-0.15, -0.1) is 0 Å². The highest BCUT2D eigenvalue weighted by Crippen LogP contribution is 2.21. The number of amides is 1. The largest absolute Gasteiger partial charge is 0.507 e. The molecule has 1 amide bonds. The Kier molecular flexibility index (Phi) is 4.74. The molecular weight excluding hydrogens is 308 g/mol. The van der Waals surface area contributed by atoms with Gasteiger partial charge in [-0.3, -0.25) is 4.79 Å². The Labute approximate surface area is 120 Å². The van der Waals surface area contributed by atoms with Crippen molar-refractivity contribution in [3.8, 4) is 5.75 Å². The number of phenols is 1. The van der Waals surface area contributed by atoms with Crippen molar-refractivity contribution in [2.45, 2.75) is 19.3 Å². The van der Waals surface area contributed by atoms with E-state index in [0.717, 1.165) is 23.7 Å². The minimum Gasteiger partial charge on any atom is -0.507 e. The van der Waals surface area contributed by atoms with E-state index in [9.17, 15) is 9.90 Å². The van der Waals surface area contributed by atoms with E-state index in [1.54, 1.807) is 18.3 Å². The van der Waals surface area contributed by atoms with Crippen molar-refractivity contribution in [2.24, 2.45) is 11.0 Å². The van der Waals surface area contributed by atoms with Crippen LogP contribution >= 0.6 is 15.9 Å². The van der Waals surface area contributed by atoms with Gasteiger partial charge in [0.25, 0.3) is 5.91 Å². The number of allylic oxidation sites excluding steroid dienone is 2. The van der Waals surface area contributed by atoms with E-state index in [1.165, 1.54) is 6.07 Å². The molecule has 0 aromatic heterocycles. The quantitative estimate of drug-likeness (QED) is 0.510. The molecule has 2 N–H and O–H groups in total. The van der Waals surface area contributed by atoms with Crippen LogP contribution in [-0.4, -0.2) is 17.2 Å². The second kappa shape index (κ2) is 6.52. The Morgan fingerprint density at radius 2 is 2.32 bits per heavy atom. The van der Waals surface area contributed by atoms with Crippen LogP contribution in [0.15, 0.2) is 39.9 Å². The molecule has 0 bridgehead atoms. The zero-order chi connectivity index (χ0) is 13.7. The zero-order valence-corrected chi connectivity index (χ0v) is 11.9. The molecule has 0 spiro atoms. The first-order chi connectivity index (χ1) is 9.16. The van der Waals surface area contributed by atoms with Crippen molar-refractivity contribution in [1.82, 2.24) is 5.43 Å². The van der Waals surface area contributed by atoms with Crippen LogP contribution in [0.4, 0.5) is 0 Å². The van der Waals surface area contributed by atoms with Crippen molar-refractivity contribution in [2.75, 3.05) is 0 Å². The molecule has 0 unspecified atom stereocenters. The van der Waals surface area contributed by atoms with Crippen LogP contribution in [0, 0.1) is 5.92 Å². The number of benzene rings is 1. The number of carbonyl (C=O) groups excluding carboxylic acids is 1. The van der Waals surface area contributed by atoms with E-state index < -0.39 is 5.91 Å². The van der Waals surface area contributed by atoms with Crippen LogP contribution < -0.4 is 5.43 Å². The Morgan fingerprint density at radius 3 is 3.05 bits per heavy atom. The molecule has 1 aromatic carbocycles. The van der Waals surface area contributed by atoms with Gasteiger partial charge in [0.1, 0.15) is 5.75 Å².